The van der Waals surface area contributed by atoms with Gasteiger partial charge in [-0.15, -0.1) is 0 Å². The number of nitrogens with one attached hydrogen (secondary N) is 1. The Morgan fingerprint density at radius 1 is 1.22 bits per heavy atom. The van der Waals surface area contributed by atoms with E-state index < -0.39 is 23.4 Å². The smallest absolute Gasteiger partial charge is 0.433 e. The van der Waals surface area contributed by atoms with Crippen molar-refractivity contribution >= 4 is 22.5 Å². The molecule has 0 atom stereocenters. The van der Waals surface area contributed by atoms with Crippen molar-refractivity contribution in [3.05, 3.63) is 53.5 Å². The van der Waals surface area contributed by atoms with Gasteiger partial charge in [0.15, 0.2) is 0 Å². The number of anilines is 1. The Morgan fingerprint density at radius 2 is 1.93 bits per heavy atom. The summed E-state index contributed by atoms with van der Waals surface area (Å²) in [4.78, 5) is 15.8. The third-order valence-electron chi connectivity index (χ3n) is 3.71. The van der Waals surface area contributed by atoms with Crippen molar-refractivity contribution in [2.24, 2.45) is 0 Å². The quantitative estimate of drug-likeness (QED) is 0.527. The zero-order valence-electron chi connectivity index (χ0n) is 14.2. The monoisotopic (exact) mass is 547 g/mol. The maximum Gasteiger partial charge on any atom is 0.433 e. The van der Waals surface area contributed by atoms with Crippen molar-refractivity contribution < 1.29 is 44.1 Å². The van der Waals surface area contributed by atoms with Crippen molar-refractivity contribution in [3.8, 4) is 0 Å². The van der Waals surface area contributed by atoms with Crippen LogP contribution in [0.2, 0.25) is 0 Å². The van der Waals surface area contributed by atoms with E-state index in [4.69, 9.17) is 0 Å². The van der Waals surface area contributed by atoms with E-state index in [-0.39, 0.29) is 32.4 Å². The SMILES string of the molecule is CC(C)(O)c1cc2n[n-]cc2cc1NC(=O)c1cccc(C(F)(F)F)n1.[W]. The molecule has 1 amide bonds. The molecule has 3 aromatic rings. The van der Waals surface area contributed by atoms with E-state index in [0.717, 1.165) is 12.1 Å². The molecule has 2 N–H and O–H groups in total. The number of aromatic nitrogens is 3. The van der Waals surface area contributed by atoms with E-state index in [1.807, 2.05) is 0 Å². The van der Waals surface area contributed by atoms with Crippen LogP contribution in [0.1, 0.15) is 35.6 Å². The number of fused-ring (bicyclic) bond motifs is 1. The van der Waals surface area contributed by atoms with E-state index in [1.165, 1.54) is 26.1 Å². The number of aliphatic hydroxyl groups is 1. The van der Waals surface area contributed by atoms with Gasteiger partial charge in [-0.1, -0.05) is 6.07 Å². The summed E-state index contributed by atoms with van der Waals surface area (Å²) in [6, 6.07) is 6.19. The van der Waals surface area contributed by atoms with Crippen LogP contribution in [0.4, 0.5) is 18.9 Å². The molecule has 0 spiro atoms. The van der Waals surface area contributed by atoms with E-state index in [1.54, 1.807) is 12.1 Å². The number of rotatable bonds is 3. The van der Waals surface area contributed by atoms with Crippen molar-refractivity contribution in [1.82, 2.24) is 15.2 Å². The molecule has 0 aliphatic rings. The maximum atomic E-state index is 12.8. The van der Waals surface area contributed by atoms with E-state index in [0.29, 0.717) is 16.5 Å². The van der Waals surface area contributed by atoms with Gasteiger partial charge in [-0.3, -0.25) is 4.79 Å². The average Bonchev–Trinajstić information content (AvgIpc) is 3.00. The van der Waals surface area contributed by atoms with Crippen molar-refractivity contribution in [3.63, 3.8) is 0 Å². The van der Waals surface area contributed by atoms with Crippen LogP contribution >= 0.6 is 0 Å². The Hall–Kier alpha value is -2.25. The van der Waals surface area contributed by atoms with Gasteiger partial charge >= 0.3 is 6.18 Å². The van der Waals surface area contributed by atoms with Crippen LogP contribution in [-0.2, 0) is 32.8 Å². The second-order valence-electron chi connectivity index (χ2n) is 6.22. The molecule has 6 nitrogen and oxygen atoms in total. The molecule has 0 aliphatic carbocycles. The zero-order valence-corrected chi connectivity index (χ0v) is 17.1. The van der Waals surface area contributed by atoms with Gasteiger partial charge in [-0.2, -0.15) is 19.4 Å². The largest absolute Gasteiger partial charge is 0.581 e. The number of pyridine rings is 1. The molecule has 0 aliphatic heterocycles. The second kappa shape index (κ2) is 7.40. The number of halogens is 3. The van der Waals surface area contributed by atoms with Gasteiger partial charge in [0.05, 0.1) is 5.60 Å². The van der Waals surface area contributed by atoms with Gasteiger partial charge in [-0.25, -0.2) is 4.98 Å². The summed E-state index contributed by atoms with van der Waals surface area (Å²) in [5.74, 6) is -0.826. The molecule has 0 saturated heterocycles. The van der Waals surface area contributed by atoms with Gasteiger partial charge in [0.2, 0.25) is 0 Å². The van der Waals surface area contributed by atoms with Gasteiger partial charge in [0, 0.05) is 37.8 Å². The molecule has 1 aromatic carbocycles. The molecule has 0 saturated carbocycles. The van der Waals surface area contributed by atoms with Crippen molar-refractivity contribution in [2.45, 2.75) is 25.6 Å². The van der Waals surface area contributed by atoms with E-state index in [2.05, 4.69) is 20.5 Å². The summed E-state index contributed by atoms with van der Waals surface area (Å²) in [7, 11) is 0. The number of hydrogen-bond donors (Lipinski definition) is 2. The normalized spacial score (nSPS) is 11.9. The minimum absolute atomic E-state index is 0. The van der Waals surface area contributed by atoms with Crippen LogP contribution in [-0.4, -0.2) is 21.1 Å². The Balaban J connectivity index is 0.00000261. The number of benzene rings is 1. The molecular weight excluding hydrogens is 533 g/mol. The number of carbonyl (C=O) groups excluding carboxylic acids is 1. The van der Waals surface area contributed by atoms with Crippen molar-refractivity contribution in [2.75, 3.05) is 5.32 Å². The summed E-state index contributed by atoms with van der Waals surface area (Å²) in [5.41, 5.74) is -1.75. The summed E-state index contributed by atoms with van der Waals surface area (Å²) in [6.45, 7) is 3.03. The van der Waals surface area contributed by atoms with Crippen LogP contribution in [0.15, 0.2) is 36.5 Å². The van der Waals surface area contributed by atoms with Gasteiger partial charge in [0.1, 0.15) is 11.4 Å². The first-order valence-electron chi connectivity index (χ1n) is 7.56. The summed E-state index contributed by atoms with van der Waals surface area (Å²) in [5, 5.41) is 21.1. The Labute approximate surface area is 166 Å². The summed E-state index contributed by atoms with van der Waals surface area (Å²) < 4.78 is 38.3. The second-order valence-corrected chi connectivity index (χ2v) is 6.22. The first kappa shape index (κ1) is 21.1. The topological polar surface area (TPSA) is 89.2 Å². The van der Waals surface area contributed by atoms with Gasteiger partial charge in [-0.05, 0) is 43.5 Å². The third-order valence-corrected chi connectivity index (χ3v) is 3.71. The predicted molar refractivity (Wildman–Crippen MR) is 87.5 cm³/mol. The number of carbonyl (C=O) groups is 1. The first-order valence-corrected chi connectivity index (χ1v) is 7.56. The molecule has 0 radical (unpaired) electrons. The molecule has 142 valence electrons. The molecule has 2 heterocycles. The van der Waals surface area contributed by atoms with Crippen LogP contribution in [0.25, 0.3) is 10.9 Å². The summed E-state index contributed by atoms with van der Waals surface area (Å²) in [6.07, 6.45) is -3.18. The molecule has 0 fully saturated rings. The van der Waals surface area contributed by atoms with Crippen LogP contribution in [0, 0.1) is 0 Å². The number of nitrogens with zero attached hydrogens (tertiary/aromatic N) is 3. The number of hydrogen-bond acceptors (Lipinski definition) is 4. The Bertz CT molecular complexity index is 980. The predicted octanol–water partition coefficient (Wildman–Crippen LogP) is 3.08. The van der Waals surface area contributed by atoms with Crippen LogP contribution < -0.4 is 10.4 Å². The minimum Gasteiger partial charge on any atom is -0.581 e. The molecule has 0 unspecified atom stereocenters. The molecule has 3 rings (SSSR count). The maximum absolute atomic E-state index is 12.8. The number of amides is 1. The first-order chi connectivity index (χ1) is 12.1. The zero-order chi connectivity index (χ0) is 19.1. The van der Waals surface area contributed by atoms with Gasteiger partial charge < -0.3 is 20.6 Å². The molecule has 10 heteroatoms. The fourth-order valence-electron chi connectivity index (χ4n) is 2.46. The third kappa shape index (κ3) is 4.54. The minimum atomic E-state index is -4.65. The van der Waals surface area contributed by atoms with Crippen molar-refractivity contribution in [1.29, 1.82) is 0 Å². The van der Waals surface area contributed by atoms with E-state index in [9.17, 15) is 23.1 Å². The number of alkyl halides is 3. The average molecular weight is 547 g/mol. The fraction of sp³-hybridized carbons (Fsp3) is 0.235. The Morgan fingerprint density at radius 3 is 2.56 bits per heavy atom. The molecule has 27 heavy (non-hydrogen) atoms. The molecular formula is C17H14F3N4O2W-. The molecule has 0 bridgehead atoms. The van der Waals surface area contributed by atoms with Crippen LogP contribution in [0.5, 0.6) is 0 Å². The van der Waals surface area contributed by atoms with E-state index >= 15 is 0 Å². The van der Waals surface area contributed by atoms with Gasteiger partial charge in [0.25, 0.3) is 5.91 Å². The Kier molecular flexibility index (Phi) is 5.77. The molecule has 2 aromatic heterocycles. The summed E-state index contributed by atoms with van der Waals surface area (Å²) >= 11 is 0. The fourth-order valence-corrected chi connectivity index (χ4v) is 2.46. The standard InChI is InChI=1S/C17H15F3N4O2.W/c1-16(2,26)10-7-12-9(8-21-24-12)6-13(10)23-15(25)11-4-3-5-14(22-11)17(18,19)20;/h3-8,26H,1-2H3,(H2,21,22,23,24,25);/p-1. The van der Waals surface area contributed by atoms with Crippen LogP contribution in [0.3, 0.4) is 0 Å².